The lowest BCUT2D eigenvalue weighted by Gasteiger charge is -2.36. The minimum atomic E-state index is 0.122. The van der Waals surface area contributed by atoms with E-state index < -0.39 is 0 Å². The topological polar surface area (TPSA) is 32.3 Å². The molecule has 2 saturated heterocycles. The number of carbonyl (C=O) groups is 1. The summed E-state index contributed by atoms with van der Waals surface area (Å²) >= 11 is 0. The van der Waals surface area contributed by atoms with Gasteiger partial charge in [0.1, 0.15) is 0 Å². The van der Waals surface area contributed by atoms with E-state index >= 15 is 0 Å². The molecular formula is C12H22N2O. The Morgan fingerprint density at radius 1 is 1.33 bits per heavy atom. The van der Waals surface area contributed by atoms with Gasteiger partial charge in [-0.05, 0) is 45.1 Å². The smallest absolute Gasteiger partial charge is 0.239 e. The van der Waals surface area contributed by atoms with Gasteiger partial charge in [0.2, 0.25) is 5.91 Å². The van der Waals surface area contributed by atoms with Crippen molar-refractivity contribution in [3.63, 3.8) is 0 Å². The number of hydrogen-bond acceptors (Lipinski definition) is 2. The van der Waals surface area contributed by atoms with Gasteiger partial charge < -0.3 is 10.2 Å². The van der Waals surface area contributed by atoms with Crippen LogP contribution in [0.4, 0.5) is 0 Å². The molecule has 2 rings (SSSR count). The number of nitrogens with one attached hydrogen (secondary N) is 1. The molecule has 0 aromatic rings. The zero-order chi connectivity index (χ0) is 10.7. The van der Waals surface area contributed by atoms with Gasteiger partial charge in [-0.2, -0.15) is 0 Å². The van der Waals surface area contributed by atoms with Crippen molar-refractivity contribution in [2.75, 3.05) is 13.1 Å². The van der Waals surface area contributed by atoms with Gasteiger partial charge in [-0.3, -0.25) is 4.79 Å². The second-order valence-electron chi connectivity index (χ2n) is 4.74. The molecule has 2 heterocycles. The quantitative estimate of drug-likeness (QED) is 0.749. The molecule has 1 amide bonds. The van der Waals surface area contributed by atoms with E-state index in [0.29, 0.717) is 11.9 Å². The van der Waals surface area contributed by atoms with Crippen molar-refractivity contribution in [1.82, 2.24) is 10.2 Å². The van der Waals surface area contributed by atoms with E-state index in [1.165, 1.54) is 19.3 Å². The molecule has 3 nitrogen and oxygen atoms in total. The van der Waals surface area contributed by atoms with Gasteiger partial charge >= 0.3 is 0 Å². The van der Waals surface area contributed by atoms with Crippen molar-refractivity contribution >= 4 is 5.91 Å². The molecule has 86 valence electrons. The van der Waals surface area contributed by atoms with Crippen LogP contribution in [0.25, 0.3) is 0 Å². The fourth-order valence-corrected chi connectivity index (χ4v) is 2.81. The number of likely N-dealkylation sites (tertiary alicyclic amines) is 1. The summed E-state index contributed by atoms with van der Waals surface area (Å²) in [7, 11) is 0. The molecule has 2 fully saturated rings. The molecular weight excluding hydrogens is 188 g/mol. The summed E-state index contributed by atoms with van der Waals surface area (Å²) in [5.41, 5.74) is 0. The molecule has 2 atom stereocenters. The fourth-order valence-electron chi connectivity index (χ4n) is 2.81. The van der Waals surface area contributed by atoms with Crippen LogP contribution in [0.5, 0.6) is 0 Å². The molecule has 1 N–H and O–H groups in total. The summed E-state index contributed by atoms with van der Waals surface area (Å²) in [6.07, 6.45) is 6.98. The molecule has 2 aliphatic heterocycles. The highest BCUT2D eigenvalue weighted by atomic mass is 16.2. The Balaban J connectivity index is 1.96. The third kappa shape index (κ3) is 2.33. The number of rotatable bonds is 2. The average molecular weight is 210 g/mol. The van der Waals surface area contributed by atoms with Crippen LogP contribution in [0.2, 0.25) is 0 Å². The Labute approximate surface area is 92.2 Å². The first-order chi connectivity index (χ1) is 7.33. The first kappa shape index (κ1) is 10.9. The molecule has 0 aromatic heterocycles. The van der Waals surface area contributed by atoms with Gasteiger partial charge in [0.15, 0.2) is 0 Å². The fraction of sp³-hybridized carbons (Fsp3) is 0.917. The summed E-state index contributed by atoms with van der Waals surface area (Å²) in [6.45, 7) is 4.19. The summed E-state index contributed by atoms with van der Waals surface area (Å²) in [6, 6.07) is 0.630. The van der Waals surface area contributed by atoms with Crippen LogP contribution in [0.3, 0.4) is 0 Å². The summed E-state index contributed by atoms with van der Waals surface area (Å²) in [5.74, 6) is 0.360. The SMILES string of the molecule is CC[C@H]1CCCCN1C(=O)[C@@H]1CCCN1. The first-order valence-electron chi connectivity index (χ1n) is 6.36. The maximum absolute atomic E-state index is 12.2. The Hall–Kier alpha value is -0.570. The molecule has 0 aliphatic carbocycles. The van der Waals surface area contributed by atoms with E-state index in [1.807, 2.05) is 0 Å². The lowest BCUT2D eigenvalue weighted by atomic mass is 9.99. The monoisotopic (exact) mass is 210 g/mol. The zero-order valence-electron chi connectivity index (χ0n) is 9.67. The number of nitrogens with zero attached hydrogens (tertiary/aromatic N) is 1. The predicted molar refractivity (Wildman–Crippen MR) is 60.7 cm³/mol. The predicted octanol–water partition coefficient (Wildman–Crippen LogP) is 1.53. The van der Waals surface area contributed by atoms with Gasteiger partial charge in [0.05, 0.1) is 6.04 Å². The Kier molecular flexibility index (Phi) is 3.62. The standard InChI is InChI=1S/C12H22N2O/c1-2-10-6-3-4-9-14(10)12(15)11-7-5-8-13-11/h10-11,13H,2-9H2,1H3/t10-,11-/m0/s1. The van der Waals surface area contributed by atoms with Gasteiger partial charge in [-0.25, -0.2) is 0 Å². The molecule has 0 bridgehead atoms. The van der Waals surface area contributed by atoms with Crippen molar-refractivity contribution in [1.29, 1.82) is 0 Å². The highest BCUT2D eigenvalue weighted by molar-refractivity contribution is 5.82. The lowest BCUT2D eigenvalue weighted by Crippen LogP contribution is -2.50. The van der Waals surface area contributed by atoms with Crippen molar-refractivity contribution < 1.29 is 4.79 Å². The number of carbonyl (C=O) groups excluding carboxylic acids is 1. The zero-order valence-corrected chi connectivity index (χ0v) is 9.67. The van der Waals surface area contributed by atoms with Crippen LogP contribution in [0, 0.1) is 0 Å². The molecule has 0 unspecified atom stereocenters. The number of piperidine rings is 1. The van der Waals surface area contributed by atoms with Crippen LogP contribution >= 0.6 is 0 Å². The molecule has 3 heteroatoms. The highest BCUT2D eigenvalue weighted by Gasteiger charge is 2.31. The van der Waals surface area contributed by atoms with Gasteiger partial charge in [0, 0.05) is 12.6 Å². The summed E-state index contributed by atoms with van der Waals surface area (Å²) in [4.78, 5) is 14.4. The lowest BCUT2D eigenvalue weighted by molar-refractivity contribution is -0.136. The normalized spacial score (nSPS) is 31.9. The third-order valence-electron chi connectivity index (χ3n) is 3.74. The Morgan fingerprint density at radius 3 is 2.87 bits per heavy atom. The van der Waals surface area contributed by atoms with Crippen molar-refractivity contribution in [3.05, 3.63) is 0 Å². The van der Waals surface area contributed by atoms with E-state index in [4.69, 9.17) is 0 Å². The van der Waals surface area contributed by atoms with E-state index in [2.05, 4.69) is 17.1 Å². The first-order valence-corrected chi connectivity index (χ1v) is 6.36. The largest absolute Gasteiger partial charge is 0.338 e. The second-order valence-corrected chi connectivity index (χ2v) is 4.74. The van der Waals surface area contributed by atoms with Crippen LogP contribution < -0.4 is 5.32 Å². The Morgan fingerprint density at radius 2 is 2.20 bits per heavy atom. The maximum atomic E-state index is 12.2. The van der Waals surface area contributed by atoms with Crippen LogP contribution in [0.15, 0.2) is 0 Å². The number of hydrogen-bond donors (Lipinski definition) is 1. The minimum absolute atomic E-state index is 0.122. The highest BCUT2D eigenvalue weighted by Crippen LogP contribution is 2.21. The van der Waals surface area contributed by atoms with Crippen molar-refractivity contribution in [2.24, 2.45) is 0 Å². The van der Waals surface area contributed by atoms with Crippen LogP contribution in [-0.2, 0) is 4.79 Å². The minimum Gasteiger partial charge on any atom is -0.338 e. The molecule has 0 radical (unpaired) electrons. The second kappa shape index (κ2) is 4.97. The molecule has 2 aliphatic rings. The van der Waals surface area contributed by atoms with Gasteiger partial charge in [-0.1, -0.05) is 6.92 Å². The van der Waals surface area contributed by atoms with E-state index in [-0.39, 0.29) is 6.04 Å². The van der Waals surface area contributed by atoms with E-state index in [9.17, 15) is 4.79 Å². The summed E-state index contributed by atoms with van der Waals surface area (Å²) in [5, 5.41) is 3.31. The maximum Gasteiger partial charge on any atom is 0.239 e. The van der Waals surface area contributed by atoms with E-state index in [1.54, 1.807) is 0 Å². The van der Waals surface area contributed by atoms with Gasteiger partial charge in [-0.15, -0.1) is 0 Å². The molecule has 0 saturated carbocycles. The molecule has 0 aromatic carbocycles. The van der Waals surface area contributed by atoms with Gasteiger partial charge in [0.25, 0.3) is 0 Å². The average Bonchev–Trinajstić information content (AvgIpc) is 2.81. The molecule has 15 heavy (non-hydrogen) atoms. The van der Waals surface area contributed by atoms with E-state index in [0.717, 1.165) is 32.4 Å². The third-order valence-corrected chi connectivity index (χ3v) is 3.74. The summed E-state index contributed by atoms with van der Waals surface area (Å²) < 4.78 is 0. The van der Waals surface area contributed by atoms with Crippen molar-refractivity contribution in [2.45, 2.75) is 57.5 Å². The molecule has 0 spiro atoms. The van der Waals surface area contributed by atoms with Crippen LogP contribution in [-0.4, -0.2) is 36.0 Å². The number of amides is 1. The van der Waals surface area contributed by atoms with Crippen molar-refractivity contribution in [3.8, 4) is 0 Å². The Bertz CT molecular complexity index is 224. The van der Waals surface area contributed by atoms with Crippen LogP contribution in [0.1, 0.15) is 45.4 Å².